The largest absolute Gasteiger partial charge is 0.453 e. The first-order chi connectivity index (χ1) is 14.4. The number of fused-ring (bicyclic) bond motifs is 2. The van der Waals surface area contributed by atoms with E-state index in [4.69, 9.17) is 14.2 Å². The van der Waals surface area contributed by atoms with E-state index in [-0.39, 0.29) is 34.2 Å². The van der Waals surface area contributed by atoms with Crippen LogP contribution in [0, 0.1) is 33.0 Å². The van der Waals surface area contributed by atoms with Crippen molar-refractivity contribution in [1.29, 1.82) is 0 Å². The molecule has 0 aromatic carbocycles. The maximum atomic E-state index is 13.2. The Labute approximate surface area is 196 Å². The maximum absolute atomic E-state index is 13.2. The van der Waals surface area contributed by atoms with Crippen molar-refractivity contribution in [2.75, 3.05) is 13.2 Å². The van der Waals surface area contributed by atoms with Crippen molar-refractivity contribution >= 4 is 11.9 Å². The number of hydrogen-bond acceptors (Lipinski definition) is 5. The summed E-state index contributed by atoms with van der Waals surface area (Å²) in [6.07, 6.45) is 5.59. The molecule has 32 heavy (non-hydrogen) atoms. The summed E-state index contributed by atoms with van der Waals surface area (Å²) in [4.78, 5) is 26.0. The van der Waals surface area contributed by atoms with E-state index in [1.54, 1.807) is 0 Å². The quantitative estimate of drug-likeness (QED) is 0.309. The normalized spacial score (nSPS) is 26.5. The zero-order chi connectivity index (χ0) is 24.6. The third-order valence-electron chi connectivity index (χ3n) is 7.51. The lowest BCUT2D eigenvalue weighted by atomic mass is 9.61. The molecule has 2 rings (SSSR count). The Morgan fingerprint density at radius 2 is 1.47 bits per heavy atom. The van der Waals surface area contributed by atoms with Crippen molar-refractivity contribution in [3.8, 4) is 0 Å². The van der Waals surface area contributed by atoms with Gasteiger partial charge in [-0.1, -0.05) is 62.3 Å². The predicted molar refractivity (Wildman–Crippen MR) is 127 cm³/mol. The number of hydrogen-bond donors (Lipinski definition) is 0. The second-order valence-electron chi connectivity index (χ2n) is 14.1. The highest BCUT2D eigenvalue weighted by Crippen LogP contribution is 2.57. The third-order valence-corrected chi connectivity index (χ3v) is 7.51. The highest BCUT2D eigenvalue weighted by atomic mass is 16.7. The molecule has 0 aliphatic heterocycles. The maximum Gasteiger partial charge on any atom is 0.346 e. The minimum absolute atomic E-state index is 0.0220. The minimum Gasteiger partial charge on any atom is -0.453 e. The van der Waals surface area contributed by atoms with Gasteiger partial charge in [0.05, 0.1) is 12.0 Å². The Kier molecular flexibility index (Phi) is 7.87. The van der Waals surface area contributed by atoms with E-state index in [1.807, 2.05) is 27.7 Å². The van der Waals surface area contributed by atoms with Gasteiger partial charge in [0, 0.05) is 5.41 Å². The molecule has 186 valence electrons. The zero-order valence-corrected chi connectivity index (χ0v) is 22.4. The van der Waals surface area contributed by atoms with Gasteiger partial charge in [0.25, 0.3) is 0 Å². The first-order valence-corrected chi connectivity index (χ1v) is 12.4. The molecule has 0 amide bonds. The van der Waals surface area contributed by atoms with Gasteiger partial charge in [-0.2, -0.15) is 0 Å². The lowest BCUT2D eigenvalue weighted by molar-refractivity contribution is -0.221. The zero-order valence-electron chi connectivity index (χ0n) is 22.4. The van der Waals surface area contributed by atoms with Crippen LogP contribution in [-0.2, 0) is 23.8 Å². The number of carbonyl (C=O) groups is 2. The fourth-order valence-electron chi connectivity index (χ4n) is 5.37. The molecule has 2 fully saturated rings. The summed E-state index contributed by atoms with van der Waals surface area (Å²) in [7, 11) is 0. The van der Waals surface area contributed by atoms with E-state index in [0.717, 1.165) is 25.2 Å². The number of ether oxygens (including phenoxy) is 3. The molecule has 5 heteroatoms. The summed E-state index contributed by atoms with van der Waals surface area (Å²) in [5, 5.41) is 0. The molecule has 2 aliphatic carbocycles. The van der Waals surface area contributed by atoms with Crippen molar-refractivity contribution in [3.05, 3.63) is 0 Å². The summed E-state index contributed by atoms with van der Waals surface area (Å²) in [6.45, 7) is 20.9. The number of esters is 2. The molecule has 0 aromatic heterocycles. The van der Waals surface area contributed by atoms with Gasteiger partial charge < -0.3 is 14.2 Å². The molecule has 2 unspecified atom stereocenters. The average Bonchev–Trinajstić information content (AvgIpc) is 3.22. The summed E-state index contributed by atoms with van der Waals surface area (Å²) in [6, 6.07) is 0. The van der Waals surface area contributed by atoms with Gasteiger partial charge in [0.1, 0.15) is 0 Å². The summed E-state index contributed by atoms with van der Waals surface area (Å²) < 4.78 is 17.6. The molecule has 0 N–H and O–H groups in total. The van der Waals surface area contributed by atoms with Crippen LogP contribution in [0.1, 0.15) is 108 Å². The van der Waals surface area contributed by atoms with Crippen molar-refractivity contribution < 1.29 is 23.8 Å². The van der Waals surface area contributed by atoms with Crippen LogP contribution in [-0.4, -0.2) is 31.4 Å². The SMILES string of the molecule is CC(C)(C)COC(OC(=O)COC(=O)C(C)(CC(C)(C)C)C(C)(C)C)C12CCC(CC1)C2. The molecule has 2 saturated carbocycles. The molecule has 2 bridgehead atoms. The monoisotopic (exact) mass is 452 g/mol. The lowest BCUT2D eigenvalue weighted by Crippen LogP contribution is -2.45. The van der Waals surface area contributed by atoms with Gasteiger partial charge in [-0.25, -0.2) is 4.79 Å². The fraction of sp³-hybridized carbons (Fsp3) is 0.926. The molecule has 2 aliphatic rings. The van der Waals surface area contributed by atoms with Crippen LogP contribution >= 0.6 is 0 Å². The van der Waals surface area contributed by atoms with Gasteiger partial charge in [-0.3, -0.25) is 4.79 Å². The van der Waals surface area contributed by atoms with Gasteiger partial charge >= 0.3 is 11.9 Å². The van der Waals surface area contributed by atoms with Crippen molar-refractivity contribution in [2.45, 2.75) is 114 Å². The molecule has 5 nitrogen and oxygen atoms in total. The first kappa shape index (κ1) is 27.1. The minimum atomic E-state index is -0.712. The van der Waals surface area contributed by atoms with Crippen LogP contribution in [0.25, 0.3) is 0 Å². The standard InChI is InChI=1S/C27H48O5/c1-23(2,3)17-26(10,25(7,8)9)21(29)30-16-20(28)32-22(31-18-24(4,5)6)27-13-11-19(15-27)12-14-27/h19,22H,11-18H2,1-10H3. The summed E-state index contributed by atoms with van der Waals surface area (Å²) in [5.74, 6) is -0.143. The Morgan fingerprint density at radius 3 is 1.88 bits per heavy atom. The molecule has 0 heterocycles. The van der Waals surface area contributed by atoms with E-state index in [2.05, 4.69) is 41.5 Å². The molecular formula is C27H48O5. The Balaban J connectivity index is 2.05. The second-order valence-corrected chi connectivity index (χ2v) is 14.1. The summed E-state index contributed by atoms with van der Waals surface area (Å²) >= 11 is 0. The first-order valence-electron chi connectivity index (χ1n) is 12.4. The van der Waals surface area contributed by atoms with Crippen LogP contribution in [0.5, 0.6) is 0 Å². The van der Waals surface area contributed by atoms with E-state index < -0.39 is 17.7 Å². The topological polar surface area (TPSA) is 61.8 Å². The molecule has 2 atom stereocenters. The highest BCUT2D eigenvalue weighted by molar-refractivity contribution is 5.81. The van der Waals surface area contributed by atoms with Crippen molar-refractivity contribution in [2.24, 2.45) is 33.0 Å². The van der Waals surface area contributed by atoms with Crippen LogP contribution in [0.4, 0.5) is 0 Å². The van der Waals surface area contributed by atoms with Crippen LogP contribution in [0.15, 0.2) is 0 Å². The van der Waals surface area contributed by atoms with Crippen molar-refractivity contribution in [3.63, 3.8) is 0 Å². The van der Waals surface area contributed by atoms with Gasteiger partial charge in [0.15, 0.2) is 6.61 Å². The molecule has 0 aromatic rings. The van der Waals surface area contributed by atoms with E-state index in [0.29, 0.717) is 13.0 Å². The van der Waals surface area contributed by atoms with Crippen LogP contribution in [0.3, 0.4) is 0 Å². The highest BCUT2D eigenvalue weighted by Gasteiger charge is 2.53. The molecular weight excluding hydrogens is 404 g/mol. The molecule has 0 spiro atoms. The molecule has 0 saturated heterocycles. The fourth-order valence-corrected chi connectivity index (χ4v) is 5.37. The smallest absolute Gasteiger partial charge is 0.346 e. The second kappa shape index (κ2) is 9.27. The third kappa shape index (κ3) is 6.71. The average molecular weight is 453 g/mol. The Hall–Kier alpha value is -1.10. The predicted octanol–water partition coefficient (Wildman–Crippen LogP) is 6.53. The van der Waals surface area contributed by atoms with E-state index >= 15 is 0 Å². The number of rotatable bonds is 8. The van der Waals surface area contributed by atoms with Gasteiger partial charge in [-0.05, 0) is 67.6 Å². The van der Waals surface area contributed by atoms with Crippen molar-refractivity contribution in [1.82, 2.24) is 0 Å². The number of carbonyl (C=O) groups excluding carboxylic acids is 2. The van der Waals surface area contributed by atoms with E-state index in [9.17, 15) is 9.59 Å². The molecule has 0 radical (unpaired) electrons. The Morgan fingerprint density at radius 1 is 0.906 bits per heavy atom. The summed E-state index contributed by atoms with van der Waals surface area (Å²) in [5.41, 5.74) is -1.17. The van der Waals surface area contributed by atoms with Crippen LogP contribution in [0.2, 0.25) is 0 Å². The Bertz CT molecular complexity index is 668. The lowest BCUT2D eigenvalue weighted by Gasteiger charge is -2.43. The van der Waals surface area contributed by atoms with Gasteiger partial charge in [-0.15, -0.1) is 0 Å². The van der Waals surface area contributed by atoms with E-state index in [1.165, 1.54) is 12.8 Å². The van der Waals surface area contributed by atoms with Gasteiger partial charge in [0.2, 0.25) is 6.29 Å². The van der Waals surface area contributed by atoms with Crippen LogP contribution < -0.4 is 0 Å².